The molecule has 4 nitrogen and oxygen atoms in total. The van der Waals surface area contributed by atoms with Crippen molar-refractivity contribution in [3.05, 3.63) is 0 Å². The van der Waals surface area contributed by atoms with Crippen molar-refractivity contribution in [3.63, 3.8) is 0 Å². The second-order valence-electron chi connectivity index (χ2n) is 3.96. The van der Waals surface area contributed by atoms with Crippen molar-refractivity contribution < 1.29 is 4.79 Å². The van der Waals surface area contributed by atoms with Gasteiger partial charge >= 0.3 is 6.03 Å². The SMILES string of the molecule is CCN[C@H]1C[C@H]2CN(C)C(=O)N2C1. The van der Waals surface area contributed by atoms with E-state index in [1.54, 1.807) is 0 Å². The highest BCUT2D eigenvalue weighted by atomic mass is 16.2. The molecular formula is C9H17N3O. The highest BCUT2D eigenvalue weighted by molar-refractivity contribution is 5.77. The molecule has 0 aromatic carbocycles. The molecule has 0 aliphatic carbocycles. The van der Waals surface area contributed by atoms with Crippen LogP contribution in [0, 0.1) is 0 Å². The van der Waals surface area contributed by atoms with Gasteiger partial charge in [-0.15, -0.1) is 0 Å². The molecule has 2 fully saturated rings. The summed E-state index contributed by atoms with van der Waals surface area (Å²) in [5.74, 6) is 0. The first-order valence-electron chi connectivity index (χ1n) is 4.97. The average molecular weight is 183 g/mol. The lowest BCUT2D eigenvalue weighted by atomic mass is 10.2. The van der Waals surface area contributed by atoms with Gasteiger partial charge in [-0.05, 0) is 13.0 Å². The van der Waals surface area contributed by atoms with Gasteiger partial charge in [0.15, 0.2) is 0 Å². The predicted molar refractivity (Wildman–Crippen MR) is 50.6 cm³/mol. The Morgan fingerprint density at radius 2 is 2.31 bits per heavy atom. The van der Waals surface area contributed by atoms with E-state index >= 15 is 0 Å². The van der Waals surface area contributed by atoms with E-state index in [1.807, 2.05) is 16.8 Å². The monoisotopic (exact) mass is 183 g/mol. The zero-order chi connectivity index (χ0) is 9.42. The molecule has 0 aromatic heterocycles. The van der Waals surface area contributed by atoms with Gasteiger partial charge in [0.05, 0.1) is 6.04 Å². The standard InChI is InChI=1S/C9H17N3O/c1-3-10-7-4-8-6-11(2)9(13)12(8)5-7/h7-8,10H,3-6H2,1-2H3/t7-,8-/m0/s1. The summed E-state index contributed by atoms with van der Waals surface area (Å²) in [6.07, 6.45) is 1.12. The van der Waals surface area contributed by atoms with Gasteiger partial charge in [0.1, 0.15) is 0 Å². The second kappa shape index (κ2) is 3.18. The van der Waals surface area contributed by atoms with Crippen molar-refractivity contribution in [3.8, 4) is 0 Å². The molecule has 2 amide bonds. The number of hydrogen-bond donors (Lipinski definition) is 1. The second-order valence-corrected chi connectivity index (χ2v) is 3.96. The van der Waals surface area contributed by atoms with Crippen LogP contribution in [-0.2, 0) is 0 Å². The van der Waals surface area contributed by atoms with Gasteiger partial charge in [0.25, 0.3) is 0 Å². The minimum absolute atomic E-state index is 0.199. The highest BCUT2D eigenvalue weighted by Gasteiger charge is 2.42. The van der Waals surface area contributed by atoms with Crippen molar-refractivity contribution in [2.45, 2.75) is 25.4 Å². The Morgan fingerprint density at radius 3 is 2.92 bits per heavy atom. The molecule has 2 aliphatic rings. The maximum Gasteiger partial charge on any atom is 0.320 e. The first-order chi connectivity index (χ1) is 6.22. The number of amides is 2. The number of nitrogens with zero attached hydrogens (tertiary/aromatic N) is 2. The van der Waals surface area contributed by atoms with Gasteiger partial charge in [-0.25, -0.2) is 4.79 Å². The molecule has 13 heavy (non-hydrogen) atoms. The molecule has 2 aliphatic heterocycles. The van der Waals surface area contributed by atoms with Crippen LogP contribution in [0.2, 0.25) is 0 Å². The number of carbonyl (C=O) groups excluding carboxylic acids is 1. The van der Waals surface area contributed by atoms with E-state index in [9.17, 15) is 4.79 Å². The molecule has 0 unspecified atom stereocenters. The summed E-state index contributed by atoms with van der Waals surface area (Å²) in [6.45, 7) is 4.90. The van der Waals surface area contributed by atoms with Crippen LogP contribution >= 0.6 is 0 Å². The van der Waals surface area contributed by atoms with Crippen molar-refractivity contribution >= 4 is 6.03 Å². The van der Waals surface area contributed by atoms with Gasteiger partial charge in [-0.3, -0.25) is 0 Å². The van der Waals surface area contributed by atoms with E-state index < -0.39 is 0 Å². The van der Waals surface area contributed by atoms with Gasteiger partial charge in [-0.1, -0.05) is 6.92 Å². The fourth-order valence-corrected chi connectivity index (χ4v) is 2.37. The van der Waals surface area contributed by atoms with Crippen molar-refractivity contribution in [2.75, 3.05) is 26.7 Å². The molecular weight excluding hydrogens is 166 g/mol. The highest BCUT2D eigenvalue weighted by Crippen LogP contribution is 2.25. The molecule has 2 saturated heterocycles. The van der Waals surface area contributed by atoms with Crippen molar-refractivity contribution in [1.82, 2.24) is 15.1 Å². The molecule has 0 saturated carbocycles. The fraction of sp³-hybridized carbons (Fsp3) is 0.889. The summed E-state index contributed by atoms with van der Waals surface area (Å²) in [7, 11) is 1.88. The molecule has 0 radical (unpaired) electrons. The first-order valence-corrected chi connectivity index (χ1v) is 4.97. The zero-order valence-corrected chi connectivity index (χ0v) is 8.29. The summed E-state index contributed by atoms with van der Waals surface area (Å²) in [5, 5.41) is 3.40. The van der Waals surface area contributed by atoms with Gasteiger partial charge in [0.2, 0.25) is 0 Å². The minimum Gasteiger partial charge on any atom is -0.326 e. The summed E-state index contributed by atoms with van der Waals surface area (Å²) in [5.41, 5.74) is 0. The Hall–Kier alpha value is -0.770. The van der Waals surface area contributed by atoms with Gasteiger partial charge < -0.3 is 15.1 Å². The molecule has 0 spiro atoms. The molecule has 0 bridgehead atoms. The van der Waals surface area contributed by atoms with Gasteiger partial charge in [-0.2, -0.15) is 0 Å². The number of nitrogens with one attached hydrogen (secondary N) is 1. The van der Waals surface area contributed by atoms with Crippen LogP contribution in [0.25, 0.3) is 0 Å². The zero-order valence-electron chi connectivity index (χ0n) is 8.29. The van der Waals surface area contributed by atoms with Crippen LogP contribution in [-0.4, -0.2) is 54.6 Å². The average Bonchev–Trinajstić information content (AvgIpc) is 2.56. The number of hydrogen-bond acceptors (Lipinski definition) is 2. The normalized spacial score (nSPS) is 32.9. The summed E-state index contributed by atoms with van der Waals surface area (Å²) in [6, 6.07) is 1.18. The third-order valence-electron chi connectivity index (χ3n) is 2.96. The lowest BCUT2D eigenvalue weighted by Gasteiger charge is -2.15. The molecule has 0 aromatic rings. The lowest BCUT2D eigenvalue weighted by molar-refractivity contribution is 0.198. The Kier molecular flexibility index (Phi) is 2.15. The Labute approximate surface area is 78.9 Å². The van der Waals surface area contributed by atoms with Crippen LogP contribution in [0.4, 0.5) is 4.79 Å². The Bertz CT molecular complexity index is 219. The van der Waals surface area contributed by atoms with Crippen LogP contribution in [0.1, 0.15) is 13.3 Å². The van der Waals surface area contributed by atoms with Crippen molar-refractivity contribution in [1.29, 1.82) is 0 Å². The molecule has 1 N–H and O–H groups in total. The molecule has 2 heterocycles. The number of fused-ring (bicyclic) bond motifs is 1. The van der Waals surface area contributed by atoms with Crippen molar-refractivity contribution in [2.24, 2.45) is 0 Å². The molecule has 4 heteroatoms. The number of rotatable bonds is 2. The molecule has 2 atom stereocenters. The molecule has 74 valence electrons. The van der Waals surface area contributed by atoms with Gasteiger partial charge in [0, 0.05) is 26.2 Å². The van der Waals surface area contributed by atoms with E-state index in [0.29, 0.717) is 12.1 Å². The van der Waals surface area contributed by atoms with Crippen LogP contribution in [0.15, 0.2) is 0 Å². The Morgan fingerprint density at radius 1 is 1.54 bits per heavy atom. The van der Waals surface area contributed by atoms with E-state index in [0.717, 1.165) is 26.1 Å². The largest absolute Gasteiger partial charge is 0.326 e. The fourth-order valence-electron chi connectivity index (χ4n) is 2.37. The third-order valence-corrected chi connectivity index (χ3v) is 2.96. The Balaban J connectivity index is 1.97. The summed E-state index contributed by atoms with van der Waals surface area (Å²) < 4.78 is 0. The summed E-state index contributed by atoms with van der Waals surface area (Å²) in [4.78, 5) is 15.4. The predicted octanol–water partition coefficient (Wildman–Crippen LogP) is 0.104. The quantitative estimate of drug-likeness (QED) is 0.659. The third kappa shape index (κ3) is 1.39. The number of carbonyl (C=O) groups is 1. The van der Waals surface area contributed by atoms with Crippen LogP contribution in [0.5, 0.6) is 0 Å². The maximum atomic E-state index is 11.6. The number of likely N-dealkylation sites (N-methyl/N-ethyl adjacent to an activating group) is 2. The first kappa shape index (κ1) is 8.81. The smallest absolute Gasteiger partial charge is 0.320 e. The van der Waals surface area contributed by atoms with E-state index in [2.05, 4.69) is 12.2 Å². The van der Waals surface area contributed by atoms with E-state index in [-0.39, 0.29) is 6.03 Å². The lowest BCUT2D eigenvalue weighted by Crippen LogP contribution is -2.36. The molecule has 2 rings (SSSR count). The topological polar surface area (TPSA) is 35.6 Å². The number of urea groups is 1. The minimum atomic E-state index is 0.199. The maximum absolute atomic E-state index is 11.6. The summed E-state index contributed by atoms with van der Waals surface area (Å²) >= 11 is 0. The van der Waals surface area contributed by atoms with E-state index in [1.165, 1.54) is 0 Å². The van der Waals surface area contributed by atoms with E-state index in [4.69, 9.17) is 0 Å². The van der Waals surface area contributed by atoms with Crippen LogP contribution < -0.4 is 5.32 Å². The van der Waals surface area contributed by atoms with Crippen LogP contribution in [0.3, 0.4) is 0 Å².